The highest BCUT2D eigenvalue weighted by atomic mass is 35.5. The standard InChI is InChI=1S/C19H25N3O2.ClH/c1-15-5-3-10-22(15)11-4-12-24-18-8-6-16(7-9-18)17-13-19(23)21(2)20-14-17;/h6-9,13-15H,3-5,10-12H2,1-2H3;1H/t15-;/m1./s1. The first-order chi connectivity index (χ1) is 11.6. The third-order valence-electron chi connectivity index (χ3n) is 4.70. The van der Waals surface area contributed by atoms with Gasteiger partial charge < -0.3 is 9.64 Å². The average molecular weight is 364 g/mol. The summed E-state index contributed by atoms with van der Waals surface area (Å²) in [6.45, 7) is 5.37. The Morgan fingerprint density at radius 2 is 2.00 bits per heavy atom. The summed E-state index contributed by atoms with van der Waals surface area (Å²) in [5, 5.41) is 4.05. The quantitative estimate of drug-likeness (QED) is 0.740. The molecule has 0 radical (unpaired) electrons. The number of aryl methyl sites for hydroxylation is 1. The number of hydrogen-bond acceptors (Lipinski definition) is 4. The number of likely N-dealkylation sites (tertiary alicyclic amines) is 1. The van der Waals surface area contributed by atoms with E-state index in [9.17, 15) is 4.79 Å². The van der Waals surface area contributed by atoms with Gasteiger partial charge in [0.1, 0.15) is 5.75 Å². The van der Waals surface area contributed by atoms with E-state index in [-0.39, 0.29) is 18.0 Å². The van der Waals surface area contributed by atoms with Gasteiger partial charge in [-0.2, -0.15) is 5.10 Å². The Morgan fingerprint density at radius 1 is 1.24 bits per heavy atom. The maximum atomic E-state index is 11.7. The lowest BCUT2D eigenvalue weighted by molar-refractivity contribution is 0.230. The van der Waals surface area contributed by atoms with Crippen LogP contribution in [0.3, 0.4) is 0 Å². The Balaban J connectivity index is 0.00000225. The number of halogens is 1. The second-order valence-electron chi connectivity index (χ2n) is 6.46. The highest BCUT2D eigenvalue weighted by molar-refractivity contribution is 5.85. The Labute approximate surface area is 155 Å². The minimum absolute atomic E-state index is 0. The predicted octanol–water partition coefficient (Wildman–Crippen LogP) is 3.12. The van der Waals surface area contributed by atoms with Crippen LogP contribution in [-0.4, -0.2) is 40.4 Å². The molecular weight excluding hydrogens is 338 g/mol. The summed E-state index contributed by atoms with van der Waals surface area (Å²) >= 11 is 0. The molecule has 0 unspecified atom stereocenters. The topological polar surface area (TPSA) is 47.4 Å². The molecule has 0 amide bonds. The summed E-state index contributed by atoms with van der Waals surface area (Å²) in [7, 11) is 1.64. The van der Waals surface area contributed by atoms with Crippen molar-refractivity contribution in [2.24, 2.45) is 7.05 Å². The molecule has 3 rings (SSSR count). The van der Waals surface area contributed by atoms with E-state index < -0.39 is 0 Å². The van der Waals surface area contributed by atoms with Crippen LogP contribution in [0.4, 0.5) is 0 Å². The molecule has 6 heteroatoms. The molecule has 0 N–H and O–H groups in total. The fourth-order valence-electron chi connectivity index (χ4n) is 3.15. The van der Waals surface area contributed by atoms with Crippen molar-refractivity contribution >= 4 is 12.4 Å². The first kappa shape index (κ1) is 19.5. The molecule has 0 spiro atoms. The molecule has 1 aromatic carbocycles. The zero-order valence-corrected chi connectivity index (χ0v) is 15.7. The molecule has 2 heterocycles. The predicted molar refractivity (Wildman–Crippen MR) is 103 cm³/mol. The van der Waals surface area contributed by atoms with Crippen molar-refractivity contribution in [2.75, 3.05) is 19.7 Å². The molecule has 136 valence electrons. The van der Waals surface area contributed by atoms with Gasteiger partial charge in [-0.15, -0.1) is 12.4 Å². The number of nitrogens with zero attached hydrogens (tertiary/aromatic N) is 3. The lowest BCUT2D eigenvalue weighted by atomic mass is 10.1. The smallest absolute Gasteiger partial charge is 0.267 e. The molecule has 1 aromatic heterocycles. The van der Waals surface area contributed by atoms with E-state index in [4.69, 9.17) is 4.74 Å². The maximum absolute atomic E-state index is 11.7. The summed E-state index contributed by atoms with van der Waals surface area (Å²) in [6.07, 6.45) is 5.39. The highest BCUT2D eigenvalue weighted by Crippen LogP contribution is 2.21. The molecule has 1 saturated heterocycles. The van der Waals surface area contributed by atoms with E-state index in [0.717, 1.165) is 42.5 Å². The van der Waals surface area contributed by atoms with Crippen LogP contribution < -0.4 is 10.3 Å². The number of hydrogen-bond donors (Lipinski definition) is 0. The molecule has 0 saturated carbocycles. The van der Waals surface area contributed by atoms with Gasteiger partial charge in [-0.1, -0.05) is 12.1 Å². The van der Waals surface area contributed by atoms with Crippen LogP contribution >= 0.6 is 12.4 Å². The van der Waals surface area contributed by atoms with Gasteiger partial charge in [0.2, 0.25) is 0 Å². The lowest BCUT2D eigenvalue weighted by Crippen LogP contribution is -2.28. The molecule has 5 nitrogen and oxygen atoms in total. The SMILES string of the molecule is C[C@@H]1CCCN1CCCOc1ccc(-c2cnn(C)c(=O)c2)cc1.Cl. The molecule has 0 bridgehead atoms. The zero-order valence-electron chi connectivity index (χ0n) is 14.9. The van der Waals surface area contributed by atoms with Crippen LogP contribution in [0.5, 0.6) is 5.75 Å². The first-order valence-electron chi connectivity index (χ1n) is 8.64. The minimum atomic E-state index is -0.107. The van der Waals surface area contributed by atoms with Crippen LogP contribution in [0.15, 0.2) is 41.3 Å². The molecule has 2 aromatic rings. The Morgan fingerprint density at radius 3 is 2.64 bits per heavy atom. The van der Waals surface area contributed by atoms with E-state index in [1.165, 1.54) is 24.1 Å². The molecule has 25 heavy (non-hydrogen) atoms. The number of aromatic nitrogens is 2. The van der Waals surface area contributed by atoms with Gasteiger partial charge in [-0.25, -0.2) is 4.68 Å². The number of benzene rings is 1. The van der Waals surface area contributed by atoms with Crippen molar-refractivity contribution in [1.82, 2.24) is 14.7 Å². The molecule has 1 fully saturated rings. The highest BCUT2D eigenvalue weighted by Gasteiger charge is 2.18. The van der Waals surface area contributed by atoms with Crippen LogP contribution in [0.2, 0.25) is 0 Å². The van der Waals surface area contributed by atoms with Crippen LogP contribution in [-0.2, 0) is 7.05 Å². The summed E-state index contributed by atoms with van der Waals surface area (Å²) < 4.78 is 7.15. The third kappa shape index (κ3) is 5.06. The van der Waals surface area contributed by atoms with E-state index in [0.29, 0.717) is 0 Å². The normalized spacial score (nSPS) is 17.3. The van der Waals surface area contributed by atoms with Gasteiger partial charge in [0.25, 0.3) is 5.56 Å². The molecule has 1 aliphatic heterocycles. The summed E-state index contributed by atoms with van der Waals surface area (Å²) in [5.74, 6) is 0.866. The zero-order chi connectivity index (χ0) is 16.9. The minimum Gasteiger partial charge on any atom is -0.494 e. The molecule has 0 aliphatic carbocycles. The van der Waals surface area contributed by atoms with Crippen LogP contribution in [0, 0.1) is 0 Å². The van der Waals surface area contributed by atoms with Gasteiger partial charge in [0.15, 0.2) is 0 Å². The van der Waals surface area contributed by atoms with Gasteiger partial charge in [-0.05, 0) is 50.4 Å². The van der Waals surface area contributed by atoms with Crippen molar-refractivity contribution in [2.45, 2.75) is 32.2 Å². The second kappa shape index (κ2) is 9.02. The summed E-state index contributed by atoms with van der Waals surface area (Å²) in [4.78, 5) is 14.2. The van der Waals surface area contributed by atoms with E-state index in [1.54, 1.807) is 19.3 Å². The number of ether oxygens (including phenoxy) is 1. The van der Waals surface area contributed by atoms with Gasteiger partial charge >= 0.3 is 0 Å². The fourth-order valence-corrected chi connectivity index (χ4v) is 3.15. The van der Waals surface area contributed by atoms with E-state index in [1.807, 2.05) is 24.3 Å². The average Bonchev–Trinajstić information content (AvgIpc) is 3.00. The van der Waals surface area contributed by atoms with Crippen molar-refractivity contribution < 1.29 is 4.74 Å². The third-order valence-corrected chi connectivity index (χ3v) is 4.70. The second-order valence-corrected chi connectivity index (χ2v) is 6.46. The summed E-state index contributed by atoms with van der Waals surface area (Å²) in [6, 6.07) is 10.1. The van der Waals surface area contributed by atoms with Crippen molar-refractivity contribution in [3.8, 4) is 16.9 Å². The van der Waals surface area contributed by atoms with Crippen molar-refractivity contribution in [3.05, 3.63) is 46.9 Å². The largest absolute Gasteiger partial charge is 0.494 e. The molecular formula is C19H26ClN3O2. The van der Waals surface area contributed by atoms with E-state index in [2.05, 4.69) is 16.9 Å². The summed E-state index contributed by atoms with van der Waals surface area (Å²) in [5.41, 5.74) is 1.69. The van der Waals surface area contributed by atoms with E-state index >= 15 is 0 Å². The first-order valence-corrected chi connectivity index (χ1v) is 8.64. The van der Waals surface area contributed by atoms with Gasteiger partial charge in [0.05, 0.1) is 12.8 Å². The Bertz CT molecular complexity index is 730. The van der Waals surface area contributed by atoms with Gasteiger partial charge in [0, 0.05) is 31.3 Å². The molecule has 1 atom stereocenters. The van der Waals surface area contributed by atoms with Crippen LogP contribution in [0.1, 0.15) is 26.2 Å². The van der Waals surface area contributed by atoms with Crippen LogP contribution in [0.25, 0.3) is 11.1 Å². The van der Waals surface area contributed by atoms with Gasteiger partial charge in [-0.3, -0.25) is 4.79 Å². The number of rotatable bonds is 6. The van der Waals surface area contributed by atoms with Crippen molar-refractivity contribution in [1.29, 1.82) is 0 Å². The fraction of sp³-hybridized carbons (Fsp3) is 0.474. The lowest BCUT2D eigenvalue weighted by Gasteiger charge is -2.20. The maximum Gasteiger partial charge on any atom is 0.267 e. The van der Waals surface area contributed by atoms with Crippen molar-refractivity contribution in [3.63, 3.8) is 0 Å². The monoisotopic (exact) mass is 363 g/mol. The Hall–Kier alpha value is -1.85. The Kier molecular flexibility index (Phi) is 7.02. The molecule has 1 aliphatic rings.